The van der Waals surface area contributed by atoms with Gasteiger partial charge in [0.1, 0.15) is 6.61 Å². The van der Waals surface area contributed by atoms with Crippen LogP contribution in [0.2, 0.25) is 0 Å². The number of carbonyl (C=O) groups excluding carboxylic acids is 1. The fourth-order valence-corrected chi connectivity index (χ4v) is 1.48. The van der Waals surface area contributed by atoms with Crippen molar-refractivity contribution in [2.45, 2.75) is 26.3 Å². The molecule has 0 atom stereocenters. The van der Waals surface area contributed by atoms with Gasteiger partial charge in [-0.3, -0.25) is 4.79 Å². The van der Waals surface area contributed by atoms with Gasteiger partial charge in [-0.05, 0) is 39.0 Å². The van der Waals surface area contributed by atoms with E-state index >= 15 is 0 Å². The Balaban J connectivity index is 2.79. The van der Waals surface area contributed by atoms with Gasteiger partial charge in [0.15, 0.2) is 11.6 Å². The van der Waals surface area contributed by atoms with Crippen molar-refractivity contribution in [2.24, 2.45) is 5.73 Å². The molecule has 1 aromatic rings. The van der Waals surface area contributed by atoms with Gasteiger partial charge in [-0.1, -0.05) is 0 Å². The van der Waals surface area contributed by atoms with Crippen LogP contribution in [0.25, 0.3) is 0 Å². The summed E-state index contributed by atoms with van der Waals surface area (Å²) in [5, 5.41) is 2.73. The van der Waals surface area contributed by atoms with Gasteiger partial charge < -0.3 is 15.8 Å². The summed E-state index contributed by atoms with van der Waals surface area (Å²) in [6, 6.07) is 3.86. The van der Waals surface area contributed by atoms with E-state index in [1.54, 1.807) is 0 Å². The largest absolute Gasteiger partial charge is 0.486 e. The number of carbonyl (C=O) groups is 1. The minimum absolute atomic E-state index is 0.00973. The lowest BCUT2D eigenvalue weighted by atomic mass is 10.1. The first kappa shape index (κ1) is 17.1. The summed E-state index contributed by atoms with van der Waals surface area (Å²) in [5.74, 6) is -1.12. The van der Waals surface area contributed by atoms with Crippen molar-refractivity contribution in [2.75, 3.05) is 13.2 Å². The van der Waals surface area contributed by atoms with Gasteiger partial charge in [0.05, 0.1) is 6.33 Å². The molecule has 21 heavy (non-hydrogen) atoms. The Kier molecular flexibility index (Phi) is 5.84. The summed E-state index contributed by atoms with van der Waals surface area (Å²) in [7, 11) is 0. The van der Waals surface area contributed by atoms with Crippen LogP contribution >= 0.6 is 0 Å². The molecular weight excluding hydrogens is 278 g/mol. The van der Waals surface area contributed by atoms with Crippen LogP contribution < -0.4 is 15.8 Å². The first-order valence-corrected chi connectivity index (χ1v) is 6.50. The third-order valence-corrected chi connectivity index (χ3v) is 2.51. The molecule has 0 aliphatic carbocycles. The molecule has 0 saturated heterocycles. The van der Waals surface area contributed by atoms with Crippen molar-refractivity contribution in [1.29, 1.82) is 0 Å². The molecular formula is C15H20F2N2O2. The zero-order chi connectivity index (χ0) is 16.0. The molecule has 0 aromatic heterocycles. The van der Waals surface area contributed by atoms with Gasteiger partial charge >= 0.3 is 0 Å². The number of ether oxygens (including phenoxy) is 1. The molecule has 0 bridgehead atoms. The minimum Gasteiger partial charge on any atom is -0.486 e. The van der Waals surface area contributed by atoms with Crippen LogP contribution in [-0.4, -0.2) is 24.6 Å². The molecule has 0 unspecified atom stereocenters. The maximum atomic E-state index is 13.9. The second-order valence-corrected chi connectivity index (χ2v) is 5.61. The van der Waals surface area contributed by atoms with Crippen LogP contribution in [0.5, 0.6) is 5.75 Å². The fourth-order valence-electron chi connectivity index (χ4n) is 1.48. The SMILES string of the molecule is CC(C)(C)NC(=O)c1ccc(OC/C(=C/F)CN)c(F)c1. The van der Waals surface area contributed by atoms with Crippen LogP contribution in [0.1, 0.15) is 31.1 Å². The Morgan fingerprint density at radius 1 is 1.43 bits per heavy atom. The summed E-state index contributed by atoms with van der Waals surface area (Å²) in [4.78, 5) is 11.9. The van der Waals surface area contributed by atoms with Crippen molar-refractivity contribution >= 4 is 5.91 Å². The maximum Gasteiger partial charge on any atom is 0.251 e. The highest BCUT2D eigenvalue weighted by Gasteiger charge is 2.16. The highest BCUT2D eigenvalue weighted by molar-refractivity contribution is 5.94. The second kappa shape index (κ2) is 7.17. The molecule has 4 nitrogen and oxygen atoms in total. The van der Waals surface area contributed by atoms with Crippen molar-refractivity contribution in [3.63, 3.8) is 0 Å². The first-order chi connectivity index (χ1) is 9.76. The fraction of sp³-hybridized carbons (Fsp3) is 0.400. The molecule has 1 rings (SSSR count). The van der Waals surface area contributed by atoms with Crippen molar-refractivity contribution in [3.8, 4) is 5.75 Å². The third kappa shape index (κ3) is 5.51. The minimum atomic E-state index is -0.688. The number of halogens is 2. The third-order valence-electron chi connectivity index (χ3n) is 2.51. The maximum absolute atomic E-state index is 13.9. The van der Waals surface area contributed by atoms with Crippen LogP contribution in [0.3, 0.4) is 0 Å². The summed E-state index contributed by atoms with van der Waals surface area (Å²) < 4.78 is 31.3. The Morgan fingerprint density at radius 2 is 2.10 bits per heavy atom. The average Bonchev–Trinajstić information content (AvgIpc) is 2.39. The smallest absolute Gasteiger partial charge is 0.251 e. The first-order valence-electron chi connectivity index (χ1n) is 6.50. The molecule has 3 N–H and O–H groups in total. The molecule has 0 spiro atoms. The second-order valence-electron chi connectivity index (χ2n) is 5.61. The van der Waals surface area contributed by atoms with Crippen LogP contribution in [0.4, 0.5) is 8.78 Å². The summed E-state index contributed by atoms with van der Waals surface area (Å²) in [5.41, 5.74) is 5.26. The van der Waals surface area contributed by atoms with E-state index in [-0.39, 0.29) is 35.9 Å². The predicted molar refractivity (Wildman–Crippen MR) is 77.4 cm³/mol. The molecule has 0 radical (unpaired) electrons. The van der Waals surface area contributed by atoms with E-state index in [9.17, 15) is 13.6 Å². The van der Waals surface area contributed by atoms with Crippen LogP contribution in [0.15, 0.2) is 30.1 Å². The van der Waals surface area contributed by atoms with Gasteiger partial charge in [-0.15, -0.1) is 0 Å². The number of nitrogens with two attached hydrogens (primary N) is 1. The zero-order valence-electron chi connectivity index (χ0n) is 12.4. The molecule has 6 heteroatoms. The van der Waals surface area contributed by atoms with E-state index in [1.165, 1.54) is 12.1 Å². The highest BCUT2D eigenvalue weighted by atomic mass is 19.1. The molecule has 0 aliphatic rings. The van der Waals surface area contributed by atoms with Crippen molar-refractivity contribution < 1.29 is 18.3 Å². The number of hydrogen-bond acceptors (Lipinski definition) is 3. The quantitative estimate of drug-likeness (QED) is 0.878. The van der Waals surface area contributed by atoms with Gasteiger partial charge in [0.2, 0.25) is 0 Å². The summed E-state index contributed by atoms with van der Waals surface area (Å²) >= 11 is 0. The molecule has 0 aliphatic heterocycles. The molecule has 0 fully saturated rings. The van der Waals surface area contributed by atoms with E-state index in [2.05, 4.69) is 5.32 Å². The Labute approximate surface area is 123 Å². The van der Waals surface area contributed by atoms with Gasteiger partial charge in [0, 0.05) is 23.2 Å². The van der Waals surface area contributed by atoms with E-state index in [4.69, 9.17) is 10.5 Å². The number of nitrogens with one attached hydrogen (secondary N) is 1. The summed E-state index contributed by atoms with van der Waals surface area (Å²) in [6.07, 6.45) is 0.336. The Bertz CT molecular complexity index is 537. The number of hydrogen-bond donors (Lipinski definition) is 2. The lowest BCUT2D eigenvalue weighted by Crippen LogP contribution is -2.40. The van der Waals surface area contributed by atoms with Crippen molar-refractivity contribution in [1.82, 2.24) is 5.32 Å². The lowest BCUT2D eigenvalue weighted by Gasteiger charge is -2.20. The lowest BCUT2D eigenvalue weighted by molar-refractivity contribution is 0.0919. The number of benzene rings is 1. The normalized spacial score (nSPS) is 12.2. The van der Waals surface area contributed by atoms with Crippen LogP contribution in [0, 0.1) is 5.82 Å². The van der Waals surface area contributed by atoms with E-state index in [0.29, 0.717) is 6.33 Å². The Hall–Kier alpha value is -1.95. The molecule has 1 amide bonds. The molecule has 0 heterocycles. The standard InChI is InChI=1S/C15H20F2N2O2/c1-15(2,3)19-14(20)11-4-5-13(12(17)6-11)21-9-10(7-16)8-18/h4-7H,8-9,18H2,1-3H3,(H,19,20)/b10-7+. The average molecular weight is 298 g/mol. The zero-order valence-corrected chi connectivity index (χ0v) is 12.4. The van der Waals surface area contributed by atoms with E-state index < -0.39 is 11.4 Å². The molecule has 116 valence electrons. The Morgan fingerprint density at radius 3 is 2.57 bits per heavy atom. The van der Waals surface area contributed by atoms with E-state index in [1.807, 2.05) is 20.8 Å². The number of amides is 1. The number of rotatable bonds is 5. The predicted octanol–water partition coefficient (Wildman–Crippen LogP) is 2.54. The van der Waals surface area contributed by atoms with Gasteiger partial charge in [-0.25, -0.2) is 8.78 Å². The topological polar surface area (TPSA) is 64.3 Å². The van der Waals surface area contributed by atoms with Gasteiger partial charge in [-0.2, -0.15) is 0 Å². The van der Waals surface area contributed by atoms with Crippen molar-refractivity contribution in [3.05, 3.63) is 41.5 Å². The monoisotopic (exact) mass is 298 g/mol. The molecule has 1 aromatic carbocycles. The molecule has 0 saturated carbocycles. The summed E-state index contributed by atoms with van der Waals surface area (Å²) in [6.45, 7) is 5.34. The highest BCUT2D eigenvalue weighted by Crippen LogP contribution is 2.19. The van der Waals surface area contributed by atoms with E-state index in [0.717, 1.165) is 6.07 Å². The van der Waals surface area contributed by atoms with Gasteiger partial charge in [0.25, 0.3) is 5.91 Å². The van der Waals surface area contributed by atoms with Crippen LogP contribution in [-0.2, 0) is 0 Å².